The zero-order chi connectivity index (χ0) is 19.9. The molecular formula is C22H20N2O4. The van der Waals surface area contributed by atoms with Gasteiger partial charge in [0.05, 0.1) is 14.2 Å². The molecule has 0 aliphatic rings. The Hall–Kier alpha value is -3.80. The number of carbonyl (C=O) groups is 2. The Bertz CT molecular complexity index is 967. The number of benzene rings is 3. The third kappa shape index (κ3) is 4.67. The minimum atomic E-state index is -0.268. The number of rotatable bonds is 6. The summed E-state index contributed by atoms with van der Waals surface area (Å²) in [5.74, 6) is 0.841. The molecule has 0 atom stereocenters. The molecule has 0 aliphatic heterocycles. The maximum atomic E-state index is 12.4. The van der Waals surface area contributed by atoms with Crippen LogP contribution in [0.1, 0.15) is 20.7 Å². The quantitative estimate of drug-likeness (QED) is 0.676. The van der Waals surface area contributed by atoms with E-state index in [0.29, 0.717) is 34.0 Å². The monoisotopic (exact) mass is 376 g/mol. The Morgan fingerprint density at radius 3 is 1.71 bits per heavy atom. The van der Waals surface area contributed by atoms with Gasteiger partial charge in [-0.1, -0.05) is 6.07 Å². The molecule has 0 aliphatic carbocycles. The lowest BCUT2D eigenvalue weighted by atomic mass is 10.1. The van der Waals surface area contributed by atoms with Crippen LogP contribution in [0.15, 0.2) is 72.8 Å². The SMILES string of the molecule is COc1ccc(NC(=O)c2ccc(C(=O)Nc3cccc(OC)c3)cc2)cc1. The van der Waals surface area contributed by atoms with Crippen LogP contribution in [0.5, 0.6) is 11.5 Å². The molecule has 3 aromatic rings. The summed E-state index contributed by atoms with van der Waals surface area (Å²) >= 11 is 0. The number of hydrogen-bond acceptors (Lipinski definition) is 4. The average molecular weight is 376 g/mol. The highest BCUT2D eigenvalue weighted by Crippen LogP contribution is 2.18. The maximum Gasteiger partial charge on any atom is 0.255 e. The Morgan fingerprint density at radius 1 is 0.643 bits per heavy atom. The molecule has 28 heavy (non-hydrogen) atoms. The summed E-state index contributed by atoms with van der Waals surface area (Å²) in [4.78, 5) is 24.7. The first-order valence-electron chi connectivity index (χ1n) is 8.60. The number of hydrogen-bond donors (Lipinski definition) is 2. The van der Waals surface area contributed by atoms with Crippen molar-refractivity contribution in [2.24, 2.45) is 0 Å². The molecule has 0 radical (unpaired) electrons. The van der Waals surface area contributed by atoms with E-state index in [9.17, 15) is 9.59 Å². The molecule has 0 aromatic heterocycles. The Balaban J connectivity index is 1.64. The minimum absolute atomic E-state index is 0.259. The van der Waals surface area contributed by atoms with Crippen LogP contribution in [0.4, 0.5) is 11.4 Å². The summed E-state index contributed by atoms with van der Waals surface area (Å²) < 4.78 is 10.2. The van der Waals surface area contributed by atoms with E-state index in [1.54, 1.807) is 87.0 Å². The molecule has 3 rings (SSSR count). The number of ether oxygens (including phenoxy) is 2. The molecule has 142 valence electrons. The molecule has 6 nitrogen and oxygen atoms in total. The molecule has 0 heterocycles. The van der Waals surface area contributed by atoms with E-state index in [0.717, 1.165) is 0 Å². The van der Waals surface area contributed by atoms with Crippen molar-refractivity contribution in [3.05, 3.63) is 83.9 Å². The third-order valence-electron chi connectivity index (χ3n) is 4.08. The van der Waals surface area contributed by atoms with Crippen molar-refractivity contribution in [2.45, 2.75) is 0 Å². The topological polar surface area (TPSA) is 76.7 Å². The zero-order valence-corrected chi connectivity index (χ0v) is 15.6. The van der Waals surface area contributed by atoms with E-state index in [2.05, 4.69) is 10.6 Å². The van der Waals surface area contributed by atoms with Crippen molar-refractivity contribution < 1.29 is 19.1 Å². The van der Waals surface area contributed by atoms with Crippen molar-refractivity contribution in [2.75, 3.05) is 24.9 Å². The highest BCUT2D eigenvalue weighted by Gasteiger charge is 2.10. The van der Waals surface area contributed by atoms with Gasteiger partial charge in [0.2, 0.25) is 0 Å². The van der Waals surface area contributed by atoms with E-state index < -0.39 is 0 Å². The van der Waals surface area contributed by atoms with E-state index in [4.69, 9.17) is 9.47 Å². The van der Waals surface area contributed by atoms with Crippen LogP contribution in [0, 0.1) is 0 Å². The predicted octanol–water partition coefficient (Wildman–Crippen LogP) is 4.21. The van der Waals surface area contributed by atoms with Gasteiger partial charge in [-0.3, -0.25) is 9.59 Å². The van der Waals surface area contributed by atoms with E-state index in [-0.39, 0.29) is 11.8 Å². The summed E-state index contributed by atoms with van der Waals surface area (Å²) in [6.45, 7) is 0. The molecule has 0 saturated carbocycles. The van der Waals surface area contributed by atoms with Gasteiger partial charge in [0.25, 0.3) is 11.8 Å². The van der Waals surface area contributed by atoms with Gasteiger partial charge in [-0.2, -0.15) is 0 Å². The van der Waals surface area contributed by atoms with Crippen molar-refractivity contribution in [1.29, 1.82) is 0 Å². The Morgan fingerprint density at radius 2 is 1.18 bits per heavy atom. The second-order valence-corrected chi connectivity index (χ2v) is 5.95. The second-order valence-electron chi connectivity index (χ2n) is 5.95. The van der Waals surface area contributed by atoms with Crippen LogP contribution in [0.3, 0.4) is 0 Å². The van der Waals surface area contributed by atoms with Gasteiger partial charge < -0.3 is 20.1 Å². The number of amides is 2. The van der Waals surface area contributed by atoms with Gasteiger partial charge in [-0.15, -0.1) is 0 Å². The second kappa shape index (κ2) is 8.73. The average Bonchev–Trinajstić information content (AvgIpc) is 2.74. The first-order valence-corrected chi connectivity index (χ1v) is 8.60. The first-order chi connectivity index (χ1) is 13.6. The summed E-state index contributed by atoms with van der Waals surface area (Å²) in [6, 6.07) is 20.6. The maximum absolute atomic E-state index is 12.4. The molecule has 3 aromatic carbocycles. The third-order valence-corrected chi connectivity index (χ3v) is 4.08. The van der Waals surface area contributed by atoms with Crippen LogP contribution in [-0.2, 0) is 0 Å². The summed E-state index contributed by atoms with van der Waals surface area (Å²) in [6.07, 6.45) is 0. The van der Waals surface area contributed by atoms with Gasteiger partial charge in [0.1, 0.15) is 11.5 Å². The molecule has 0 saturated heterocycles. The van der Waals surface area contributed by atoms with Crippen molar-refractivity contribution in [3.8, 4) is 11.5 Å². The van der Waals surface area contributed by atoms with Crippen LogP contribution >= 0.6 is 0 Å². The van der Waals surface area contributed by atoms with Gasteiger partial charge in [0.15, 0.2) is 0 Å². The number of anilines is 2. The summed E-state index contributed by atoms with van der Waals surface area (Å²) in [7, 11) is 3.15. The molecule has 2 amide bonds. The predicted molar refractivity (Wildman–Crippen MR) is 108 cm³/mol. The van der Waals surface area contributed by atoms with Crippen molar-refractivity contribution >= 4 is 23.2 Å². The van der Waals surface area contributed by atoms with Crippen molar-refractivity contribution in [1.82, 2.24) is 0 Å². The van der Waals surface area contributed by atoms with Gasteiger partial charge in [-0.05, 0) is 60.7 Å². The van der Waals surface area contributed by atoms with Crippen molar-refractivity contribution in [3.63, 3.8) is 0 Å². The largest absolute Gasteiger partial charge is 0.497 e. The van der Waals surface area contributed by atoms with Crippen LogP contribution < -0.4 is 20.1 Å². The standard InChI is InChI=1S/C22H20N2O4/c1-27-19-12-10-17(11-13-19)23-21(25)15-6-8-16(9-7-15)22(26)24-18-4-3-5-20(14-18)28-2/h3-14H,1-2H3,(H,23,25)(H,24,26). The van der Waals surface area contributed by atoms with Gasteiger partial charge in [-0.25, -0.2) is 0 Å². The number of methoxy groups -OCH3 is 2. The minimum Gasteiger partial charge on any atom is -0.497 e. The lowest BCUT2D eigenvalue weighted by Gasteiger charge is -2.09. The van der Waals surface area contributed by atoms with E-state index >= 15 is 0 Å². The Kier molecular flexibility index (Phi) is 5.91. The molecule has 0 bridgehead atoms. The van der Waals surface area contributed by atoms with Gasteiger partial charge in [0, 0.05) is 28.6 Å². The molecule has 0 fully saturated rings. The first kappa shape index (κ1) is 19.0. The highest BCUT2D eigenvalue weighted by atomic mass is 16.5. The molecule has 0 spiro atoms. The molecule has 2 N–H and O–H groups in total. The lowest BCUT2D eigenvalue weighted by molar-refractivity contribution is 0.101. The fraction of sp³-hybridized carbons (Fsp3) is 0.0909. The van der Waals surface area contributed by atoms with Crippen LogP contribution in [0.25, 0.3) is 0 Å². The van der Waals surface area contributed by atoms with E-state index in [1.807, 2.05) is 0 Å². The summed E-state index contributed by atoms with van der Waals surface area (Å²) in [5.41, 5.74) is 2.19. The lowest BCUT2D eigenvalue weighted by Crippen LogP contribution is -2.14. The van der Waals surface area contributed by atoms with Crippen LogP contribution in [-0.4, -0.2) is 26.0 Å². The van der Waals surface area contributed by atoms with E-state index in [1.165, 1.54) is 0 Å². The number of nitrogens with one attached hydrogen (secondary N) is 2. The summed E-state index contributed by atoms with van der Waals surface area (Å²) in [5, 5.41) is 5.60. The Labute approximate surface area is 163 Å². The molecule has 6 heteroatoms. The van der Waals surface area contributed by atoms with Gasteiger partial charge >= 0.3 is 0 Å². The molecule has 0 unspecified atom stereocenters. The normalized spacial score (nSPS) is 10.1. The zero-order valence-electron chi connectivity index (χ0n) is 15.6. The number of carbonyl (C=O) groups excluding carboxylic acids is 2. The fourth-order valence-electron chi connectivity index (χ4n) is 2.55. The fourth-order valence-corrected chi connectivity index (χ4v) is 2.55. The smallest absolute Gasteiger partial charge is 0.255 e. The van der Waals surface area contributed by atoms with Crippen LogP contribution in [0.2, 0.25) is 0 Å². The molecular weight excluding hydrogens is 356 g/mol. The highest BCUT2D eigenvalue weighted by molar-refractivity contribution is 6.07.